The van der Waals surface area contributed by atoms with E-state index in [0.29, 0.717) is 60.2 Å². The predicted molar refractivity (Wildman–Crippen MR) is 348 cm³/mol. The number of methoxy groups -OCH3 is 3. The normalized spacial score (nSPS) is 10.6. The monoisotopic (exact) mass is 1300 g/mol. The maximum Gasteiger partial charge on any atom is 0.490 e. The minimum atomic E-state index is -1.58. The van der Waals surface area contributed by atoms with Gasteiger partial charge in [0.1, 0.15) is 6.61 Å². The first-order valence-electron chi connectivity index (χ1n) is 27.2. The van der Waals surface area contributed by atoms with Crippen molar-refractivity contribution in [1.82, 2.24) is 23.7 Å². The van der Waals surface area contributed by atoms with Crippen molar-refractivity contribution >= 4 is 120 Å². The molecule has 0 aliphatic rings. The van der Waals surface area contributed by atoms with Gasteiger partial charge >= 0.3 is 25.0 Å². The molecule has 5 heterocycles. The summed E-state index contributed by atoms with van der Waals surface area (Å²) in [5.41, 5.74) is 14.3. The summed E-state index contributed by atoms with van der Waals surface area (Å²) in [5, 5.41) is 22.4. The van der Waals surface area contributed by atoms with Crippen LogP contribution in [0.5, 0.6) is 0 Å². The average molecular weight is 1310 g/mol. The SMILES string of the molecule is C=Cc1ccc2c(c1)c(CCC(=O)OC)c(-c1ccc(Cl)cc1)n2C.COC(=O)CCc1c(Br)n(C)c2ccc(Cl)cc12.COOCc1ccc2c(c1)c(CCC(=O)OC)c(-c1ccc(Cl)cc1)n2C.Cc1cccnc1.OB(O)c1ccc(F)nc1. The number of pyridine rings is 2. The third-order valence-electron chi connectivity index (χ3n) is 14.0. The van der Waals surface area contributed by atoms with Crippen LogP contribution in [0.3, 0.4) is 0 Å². The molecule has 0 spiro atoms. The largest absolute Gasteiger partial charge is 0.490 e. The quantitative estimate of drug-likeness (QED) is 0.0234. The third-order valence-corrected chi connectivity index (χ3v) is 15.7. The lowest BCUT2D eigenvalue weighted by atomic mass is 9.82. The zero-order valence-electron chi connectivity index (χ0n) is 49.5. The highest BCUT2D eigenvalue weighted by molar-refractivity contribution is 9.10. The summed E-state index contributed by atoms with van der Waals surface area (Å²) in [7, 11) is 10.2. The van der Waals surface area contributed by atoms with Gasteiger partial charge in [0.15, 0.2) is 0 Å². The van der Waals surface area contributed by atoms with Crippen molar-refractivity contribution in [2.24, 2.45) is 21.1 Å². The summed E-state index contributed by atoms with van der Waals surface area (Å²) in [6.07, 6.45) is 9.35. The van der Waals surface area contributed by atoms with Crippen LogP contribution < -0.4 is 5.46 Å². The molecule has 21 heteroatoms. The number of esters is 3. The van der Waals surface area contributed by atoms with Crippen molar-refractivity contribution in [3.63, 3.8) is 0 Å². The van der Waals surface area contributed by atoms with Gasteiger partial charge in [0.05, 0.1) is 44.4 Å². The van der Waals surface area contributed by atoms with E-state index in [1.165, 1.54) is 40.1 Å². The van der Waals surface area contributed by atoms with Gasteiger partial charge in [0.2, 0.25) is 5.95 Å². The second-order valence-corrected chi connectivity index (χ2v) is 21.6. The van der Waals surface area contributed by atoms with Crippen LogP contribution in [0, 0.1) is 12.9 Å². The van der Waals surface area contributed by atoms with Gasteiger partial charge in [-0.15, -0.1) is 0 Å². The molecule has 0 bridgehead atoms. The average Bonchev–Trinajstić information content (AvgIpc) is 1.78. The molecule has 0 saturated carbocycles. The van der Waals surface area contributed by atoms with Crippen molar-refractivity contribution < 1.29 is 52.8 Å². The van der Waals surface area contributed by atoms with Crippen LogP contribution in [0.25, 0.3) is 61.3 Å². The van der Waals surface area contributed by atoms with Gasteiger partial charge in [-0.1, -0.05) is 96.0 Å². The van der Waals surface area contributed by atoms with Gasteiger partial charge in [0, 0.05) is 112 Å². The molecule has 0 saturated heterocycles. The zero-order chi connectivity index (χ0) is 63.3. The highest BCUT2D eigenvalue weighted by Crippen LogP contribution is 2.38. The van der Waals surface area contributed by atoms with E-state index in [1.54, 1.807) is 6.20 Å². The number of aromatic nitrogens is 5. The summed E-state index contributed by atoms with van der Waals surface area (Å²) in [5.74, 6) is -1.28. The van der Waals surface area contributed by atoms with E-state index >= 15 is 0 Å². The Labute approximate surface area is 529 Å². The van der Waals surface area contributed by atoms with E-state index in [2.05, 4.69) is 70.6 Å². The lowest BCUT2D eigenvalue weighted by Crippen LogP contribution is -2.30. The Hall–Kier alpha value is -7.65. The van der Waals surface area contributed by atoms with E-state index in [9.17, 15) is 18.8 Å². The van der Waals surface area contributed by atoms with Crippen LogP contribution in [0.15, 0.2) is 157 Å². The molecule has 15 nitrogen and oxygen atoms in total. The molecule has 0 amide bonds. The number of hydrogen-bond acceptors (Lipinski definition) is 12. The molecule has 0 aliphatic heterocycles. The van der Waals surface area contributed by atoms with E-state index in [4.69, 9.17) is 64.1 Å². The molecule has 87 heavy (non-hydrogen) atoms. The Morgan fingerprint density at radius 3 is 1.55 bits per heavy atom. The molecular formula is C66H67BBrCl3FN5O10. The molecule has 10 rings (SSSR count). The van der Waals surface area contributed by atoms with Crippen LogP contribution >= 0.6 is 50.7 Å². The fourth-order valence-corrected chi connectivity index (χ4v) is 10.6. The first-order chi connectivity index (χ1) is 41.7. The Morgan fingerprint density at radius 2 is 1.10 bits per heavy atom. The van der Waals surface area contributed by atoms with Crippen molar-refractivity contribution in [3.8, 4) is 22.5 Å². The number of fused-ring (bicyclic) bond motifs is 3. The lowest BCUT2D eigenvalue weighted by molar-refractivity contribution is -0.282. The summed E-state index contributed by atoms with van der Waals surface area (Å²) < 4.78 is 33.7. The van der Waals surface area contributed by atoms with Gasteiger partial charge in [-0.25, -0.2) is 14.8 Å². The summed E-state index contributed by atoms with van der Waals surface area (Å²) in [4.78, 5) is 51.5. The Morgan fingerprint density at radius 1 is 0.621 bits per heavy atom. The Kier molecular flexibility index (Phi) is 26.3. The van der Waals surface area contributed by atoms with Crippen molar-refractivity contribution in [2.45, 2.75) is 52.1 Å². The van der Waals surface area contributed by atoms with Gasteiger partial charge < -0.3 is 38.0 Å². The number of rotatable bonds is 16. The summed E-state index contributed by atoms with van der Waals surface area (Å²) >= 11 is 21.7. The third kappa shape index (κ3) is 18.7. The number of carbonyl (C=O) groups excluding carboxylic acids is 3. The minimum Gasteiger partial charge on any atom is -0.469 e. The number of benzene rings is 5. The smallest absolute Gasteiger partial charge is 0.469 e. The fourth-order valence-electron chi connectivity index (χ4n) is 9.58. The molecule has 0 fully saturated rings. The van der Waals surface area contributed by atoms with E-state index < -0.39 is 13.1 Å². The Bertz CT molecular complexity index is 3940. The highest BCUT2D eigenvalue weighted by atomic mass is 79.9. The number of halogens is 5. The standard InChI is InChI=1S/C21H22ClNO4.C21H20ClNO2.C13H13BrClNO2.C6H7N.C5H5BFNO2/c1-23-19-10-4-14(13-27-26-3)12-18(19)17(9-11-20(24)25-2)21(23)15-5-7-16(22)8-6-15;1-4-14-5-11-19-18(13-14)17(10-12-20(24)25-3)21(23(19)2)15-6-8-16(22)9-7-15;1-16-11-5-3-8(15)7-10(11)9(13(16)14)4-6-12(17)18-2;1-6-3-2-4-7-5-6;7-5-2-1-4(3-8-5)6(9)10/h4-8,10,12H,9,11,13H2,1-3H3;4-9,11,13H,1,10,12H2,2-3H3;3,5,7H,4,6H2,1-2H3;2-5H,1H3;1-3,9-10H. The number of nitrogens with zero attached hydrogens (tertiary/aromatic N) is 5. The summed E-state index contributed by atoms with van der Waals surface area (Å²) in [6, 6.07) is 40.0. The lowest BCUT2D eigenvalue weighted by Gasteiger charge is -2.08. The van der Waals surface area contributed by atoms with Gasteiger partial charge in [-0.2, -0.15) is 4.39 Å². The number of aryl methyl sites for hydroxylation is 7. The fraction of sp³-hybridized carbons (Fsp3) is 0.227. The van der Waals surface area contributed by atoms with Crippen molar-refractivity contribution in [1.29, 1.82) is 0 Å². The number of hydrogen-bond donors (Lipinski definition) is 2. The van der Waals surface area contributed by atoms with Gasteiger partial charge in [-0.05, 0) is 165 Å². The minimum absolute atomic E-state index is 0.182. The van der Waals surface area contributed by atoms with Gasteiger partial charge in [-0.3, -0.25) is 19.4 Å². The predicted octanol–water partition coefficient (Wildman–Crippen LogP) is 13.9. The molecule has 10 aromatic rings. The molecule has 0 atom stereocenters. The second-order valence-electron chi connectivity index (χ2n) is 19.6. The topological polar surface area (TPSA) is 178 Å². The molecule has 0 radical (unpaired) electrons. The molecule has 5 aromatic heterocycles. The van der Waals surface area contributed by atoms with Crippen LogP contribution in [-0.4, -0.2) is 87.2 Å². The summed E-state index contributed by atoms with van der Waals surface area (Å²) in [6.45, 7) is 6.23. The zero-order valence-corrected chi connectivity index (χ0v) is 53.3. The molecule has 5 aromatic carbocycles. The molecular weight excluding hydrogens is 1240 g/mol. The van der Waals surface area contributed by atoms with Crippen LogP contribution in [0.1, 0.15) is 52.6 Å². The first-order valence-corrected chi connectivity index (χ1v) is 29.1. The van der Waals surface area contributed by atoms with E-state index in [1.807, 2.05) is 136 Å². The maximum atomic E-state index is 12.1. The molecule has 0 unspecified atom stereocenters. The van der Waals surface area contributed by atoms with Crippen molar-refractivity contribution in [3.05, 3.63) is 212 Å². The maximum absolute atomic E-state index is 12.1. The van der Waals surface area contributed by atoms with E-state index in [0.717, 1.165) is 99.9 Å². The van der Waals surface area contributed by atoms with E-state index in [-0.39, 0.29) is 23.4 Å². The van der Waals surface area contributed by atoms with Gasteiger partial charge in [0.25, 0.3) is 0 Å². The van der Waals surface area contributed by atoms with Crippen molar-refractivity contribution in [2.75, 3.05) is 28.4 Å². The number of ether oxygens (including phenoxy) is 3. The molecule has 2 N–H and O–H groups in total. The highest BCUT2D eigenvalue weighted by Gasteiger charge is 2.21. The Balaban J connectivity index is 0.000000186. The molecule has 454 valence electrons. The second kappa shape index (κ2) is 33.5. The van der Waals surface area contributed by atoms with Crippen LogP contribution in [0.4, 0.5) is 4.39 Å². The van der Waals surface area contributed by atoms with Crippen LogP contribution in [-0.2, 0) is 85.4 Å². The molecule has 0 aliphatic carbocycles. The number of carbonyl (C=O) groups is 3. The first kappa shape index (κ1) is 68.5. The van der Waals surface area contributed by atoms with Crippen LogP contribution in [0.2, 0.25) is 15.1 Å².